The summed E-state index contributed by atoms with van der Waals surface area (Å²) in [7, 11) is 0. The molecule has 0 bridgehead atoms. The number of aromatic nitrogens is 2. The summed E-state index contributed by atoms with van der Waals surface area (Å²) in [5.41, 5.74) is 12.9. The highest BCUT2D eigenvalue weighted by atomic mass is 14.8. The van der Waals surface area contributed by atoms with E-state index in [-0.39, 0.29) is 0 Å². The molecule has 2 aliphatic carbocycles. The lowest BCUT2D eigenvalue weighted by molar-refractivity contribution is 0.798. The van der Waals surface area contributed by atoms with Crippen molar-refractivity contribution in [1.29, 1.82) is 0 Å². The summed E-state index contributed by atoms with van der Waals surface area (Å²) in [5, 5.41) is 0. The average molecular weight is 737 g/mol. The number of benzene rings is 6. The maximum absolute atomic E-state index is 5.13. The van der Waals surface area contributed by atoms with Crippen molar-refractivity contribution in [3.05, 3.63) is 261 Å². The third-order valence-electron chi connectivity index (χ3n) is 11.3. The van der Waals surface area contributed by atoms with Crippen molar-refractivity contribution in [2.45, 2.75) is 10.8 Å². The minimum absolute atomic E-state index is 0.780. The van der Waals surface area contributed by atoms with Crippen LogP contribution in [0.25, 0.3) is 35.7 Å². The predicted octanol–water partition coefficient (Wildman–Crippen LogP) is 11.9. The van der Waals surface area contributed by atoms with Gasteiger partial charge in [-0.1, -0.05) is 194 Å². The van der Waals surface area contributed by atoms with E-state index in [4.69, 9.17) is 9.97 Å². The second kappa shape index (κ2) is 14.7. The fraction of sp³-hybridized carbons (Fsp3) is 0.0357. The van der Waals surface area contributed by atoms with E-state index in [0.29, 0.717) is 0 Å². The lowest BCUT2D eigenvalue weighted by Gasteiger charge is -2.32. The van der Waals surface area contributed by atoms with Crippen molar-refractivity contribution < 1.29 is 0 Å². The highest BCUT2D eigenvalue weighted by Gasteiger charge is 2.41. The summed E-state index contributed by atoms with van der Waals surface area (Å²) < 4.78 is 0. The highest BCUT2D eigenvalue weighted by molar-refractivity contribution is 5.83. The molecule has 10 rings (SSSR count). The van der Waals surface area contributed by atoms with Crippen LogP contribution < -0.4 is 0 Å². The van der Waals surface area contributed by atoms with E-state index in [1.54, 1.807) is 0 Å². The molecule has 2 heterocycles. The number of fused-ring (bicyclic) bond motifs is 4. The Hall–Kier alpha value is -7.78. The van der Waals surface area contributed by atoms with E-state index in [1.807, 2.05) is 48.8 Å². The normalized spacial score (nSPS) is 13.7. The van der Waals surface area contributed by atoms with Gasteiger partial charge in [0.25, 0.3) is 0 Å². The minimum Gasteiger partial charge on any atom is -0.254 e. The quantitative estimate of drug-likeness (QED) is 0.169. The number of pyridine rings is 2. The van der Waals surface area contributed by atoms with Crippen LogP contribution in [0.5, 0.6) is 0 Å². The van der Waals surface area contributed by atoms with Crippen molar-refractivity contribution in [1.82, 2.24) is 9.97 Å². The van der Waals surface area contributed by atoms with Crippen LogP contribution in [0.15, 0.2) is 194 Å². The molecule has 2 aromatic heterocycles. The second-order valence-corrected chi connectivity index (χ2v) is 14.6. The summed E-state index contributed by atoms with van der Waals surface area (Å²) >= 11 is 0. The zero-order chi connectivity index (χ0) is 38.8. The fourth-order valence-electron chi connectivity index (χ4n) is 8.53. The first-order chi connectivity index (χ1) is 28.7. The maximum Gasteiger partial charge on any atom is 0.109 e. The van der Waals surface area contributed by atoms with E-state index in [2.05, 4.69) is 194 Å². The summed E-state index contributed by atoms with van der Waals surface area (Å²) in [5.74, 6) is 14.7. The number of hydrogen-bond acceptors (Lipinski definition) is 2. The van der Waals surface area contributed by atoms with Crippen LogP contribution in [-0.4, -0.2) is 9.97 Å². The van der Waals surface area contributed by atoms with Gasteiger partial charge in [0.2, 0.25) is 0 Å². The van der Waals surface area contributed by atoms with Crippen LogP contribution in [0.2, 0.25) is 0 Å². The largest absolute Gasteiger partial charge is 0.254 e. The molecule has 0 spiro atoms. The van der Waals surface area contributed by atoms with Crippen molar-refractivity contribution in [2.24, 2.45) is 0 Å². The number of nitrogens with zero attached hydrogens (tertiary/aromatic N) is 2. The molecule has 0 fully saturated rings. The Morgan fingerprint density at radius 3 is 0.931 bits per heavy atom. The molecule has 0 saturated heterocycles. The smallest absolute Gasteiger partial charge is 0.109 e. The van der Waals surface area contributed by atoms with Crippen LogP contribution in [-0.2, 0) is 10.8 Å². The molecule has 58 heavy (non-hydrogen) atoms. The molecule has 0 saturated carbocycles. The van der Waals surface area contributed by atoms with Gasteiger partial charge in [0, 0.05) is 23.5 Å². The molecule has 8 aromatic rings. The van der Waals surface area contributed by atoms with Crippen LogP contribution in [0.4, 0.5) is 0 Å². The summed E-state index contributed by atoms with van der Waals surface area (Å²) in [6.07, 6.45) is 12.8. The first-order valence-electron chi connectivity index (χ1n) is 19.6. The monoisotopic (exact) mass is 736 g/mol. The Kier molecular flexibility index (Phi) is 8.80. The molecule has 6 aromatic carbocycles. The van der Waals surface area contributed by atoms with Crippen LogP contribution in [0, 0.1) is 23.7 Å². The van der Waals surface area contributed by atoms with Gasteiger partial charge in [0.1, 0.15) is 10.8 Å². The summed E-state index contributed by atoms with van der Waals surface area (Å²) in [4.78, 5) is 10.3. The van der Waals surface area contributed by atoms with Crippen LogP contribution in [0.1, 0.15) is 66.8 Å². The molecular formula is C56H36N2. The molecule has 0 unspecified atom stereocenters. The van der Waals surface area contributed by atoms with E-state index < -0.39 is 10.8 Å². The maximum atomic E-state index is 5.13. The van der Waals surface area contributed by atoms with Gasteiger partial charge in [0.05, 0.1) is 11.4 Å². The van der Waals surface area contributed by atoms with Crippen LogP contribution in [0.3, 0.4) is 0 Å². The topological polar surface area (TPSA) is 25.8 Å². The lowest BCUT2D eigenvalue weighted by Crippen LogP contribution is -2.29. The minimum atomic E-state index is -0.784. The number of hydrogen-bond donors (Lipinski definition) is 0. The molecular weight excluding hydrogens is 701 g/mol. The number of rotatable bonds is 3. The highest BCUT2D eigenvalue weighted by Crippen LogP contribution is 2.46. The van der Waals surface area contributed by atoms with Crippen molar-refractivity contribution in [3.63, 3.8) is 0 Å². The van der Waals surface area contributed by atoms with Gasteiger partial charge in [0.15, 0.2) is 0 Å². The lowest BCUT2D eigenvalue weighted by atomic mass is 9.68. The van der Waals surface area contributed by atoms with E-state index in [1.165, 1.54) is 0 Å². The third-order valence-corrected chi connectivity index (χ3v) is 11.3. The predicted molar refractivity (Wildman–Crippen MR) is 237 cm³/mol. The molecule has 270 valence electrons. The molecule has 2 heteroatoms. The Balaban J connectivity index is 1.11. The standard InChI is InChI=1S/C56H36N2/c1-3-15-41(16-4-1)35-37-55(49-23-11-7-19-43(49)27-28-44-20-8-12-24-50(44)55)47-31-33-53(57-39-47)54-34-32-48(40-58-54)56(38-36-42-17-5-2-6-18-42)51-25-13-9-21-45(51)29-30-46-22-10-14-26-52(46)56/h1-34,39-40H. The first-order valence-corrected chi connectivity index (χ1v) is 19.6. The van der Waals surface area contributed by atoms with Crippen LogP contribution >= 0.6 is 0 Å². The summed E-state index contributed by atoms with van der Waals surface area (Å²) in [6.45, 7) is 0. The van der Waals surface area contributed by atoms with Gasteiger partial charge in [-0.3, -0.25) is 9.97 Å². The Bertz CT molecular complexity index is 2680. The first kappa shape index (κ1) is 34.7. The van der Waals surface area contributed by atoms with E-state index >= 15 is 0 Å². The molecule has 2 aliphatic rings. The molecule has 0 N–H and O–H groups in total. The van der Waals surface area contributed by atoms with E-state index in [9.17, 15) is 0 Å². The molecule has 0 amide bonds. The summed E-state index contributed by atoms with van der Waals surface area (Å²) in [6, 6.07) is 63.2. The zero-order valence-electron chi connectivity index (χ0n) is 31.7. The van der Waals surface area contributed by atoms with Gasteiger partial charge in [-0.25, -0.2) is 0 Å². The van der Waals surface area contributed by atoms with Gasteiger partial charge >= 0.3 is 0 Å². The molecule has 2 nitrogen and oxygen atoms in total. The van der Waals surface area contributed by atoms with Crippen molar-refractivity contribution in [3.8, 4) is 35.1 Å². The van der Waals surface area contributed by atoms with Gasteiger partial charge < -0.3 is 0 Å². The average Bonchev–Trinajstić information content (AvgIpc) is 3.54. The van der Waals surface area contributed by atoms with E-state index in [0.717, 1.165) is 78.1 Å². The molecule has 0 aliphatic heterocycles. The Morgan fingerprint density at radius 1 is 0.310 bits per heavy atom. The second-order valence-electron chi connectivity index (χ2n) is 14.6. The zero-order valence-corrected chi connectivity index (χ0v) is 31.7. The fourth-order valence-corrected chi connectivity index (χ4v) is 8.53. The van der Waals surface area contributed by atoms with Crippen molar-refractivity contribution in [2.75, 3.05) is 0 Å². The van der Waals surface area contributed by atoms with Crippen molar-refractivity contribution >= 4 is 24.3 Å². The Morgan fingerprint density at radius 2 is 0.621 bits per heavy atom. The van der Waals surface area contributed by atoms with Gasteiger partial charge in [-0.15, -0.1) is 0 Å². The van der Waals surface area contributed by atoms with Gasteiger partial charge in [-0.05, 0) is 92.0 Å². The Labute approximate surface area is 340 Å². The molecule has 0 radical (unpaired) electrons. The molecule has 0 atom stereocenters. The van der Waals surface area contributed by atoms with Gasteiger partial charge in [-0.2, -0.15) is 0 Å². The third kappa shape index (κ3) is 5.97. The SMILES string of the molecule is C(#CC1(c2ccc(-c3ccc(C4(C#Cc5ccccc5)c5ccccc5C=Cc5ccccc54)cn3)nc2)c2ccccc2C=Cc2ccccc21)c1ccccc1.